The van der Waals surface area contributed by atoms with E-state index in [-0.39, 0.29) is 0 Å². The second-order valence-corrected chi connectivity index (χ2v) is 9.26. The summed E-state index contributed by atoms with van der Waals surface area (Å²) in [5, 5.41) is 6.82. The van der Waals surface area contributed by atoms with E-state index in [1.54, 1.807) is 0 Å². The Morgan fingerprint density at radius 2 is 2.00 bits per heavy atom. The predicted molar refractivity (Wildman–Crippen MR) is 118 cm³/mol. The largest absolute Gasteiger partial charge is 0.369 e. The minimum atomic E-state index is -3.13. The fourth-order valence-corrected chi connectivity index (χ4v) is 4.31. The van der Waals surface area contributed by atoms with Gasteiger partial charge in [-0.1, -0.05) is 24.6 Å². The minimum absolute atomic E-state index is 0.349. The van der Waals surface area contributed by atoms with E-state index in [1.807, 2.05) is 13.8 Å². The van der Waals surface area contributed by atoms with Gasteiger partial charge in [-0.3, -0.25) is 4.99 Å². The number of aryl methyl sites for hydroxylation is 1. The average Bonchev–Trinajstić information content (AvgIpc) is 3.09. The molecule has 1 saturated heterocycles. The van der Waals surface area contributed by atoms with Gasteiger partial charge in [0.25, 0.3) is 0 Å². The number of guanidine groups is 1. The SMILES string of the molecule is CCNC(=NCCCN(CC)S(C)(=O)=O)NC1CCN(c2ccc(C)cc2)C1. The Bertz CT molecular complexity index is 733. The van der Waals surface area contributed by atoms with Crippen molar-refractivity contribution in [2.45, 2.75) is 39.7 Å². The maximum Gasteiger partial charge on any atom is 0.211 e. The third-order valence-corrected chi connectivity index (χ3v) is 6.31. The first kappa shape index (κ1) is 22.5. The van der Waals surface area contributed by atoms with E-state index in [4.69, 9.17) is 0 Å². The van der Waals surface area contributed by atoms with Gasteiger partial charge in [-0.2, -0.15) is 0 Å². The lowest BCUT2D eigenvalue weighted by Crippen LogP contribution is -2.44. The molecule has 1 aliphatic rings. The monoisotopic (exact) mass is 409 g/mol. The standard InChI is InChI=1S/C20H35N5O2S/c1-5-21-20(22-13-7-14-25(6-2)28(4,26)27)23-18-12-15-24(16-18)19-10-8-17(3)9-11-19/h8-11,18H,5-7,12-16H2,1-4H3,(H2,21,22,23). The molecule has 158 valence electrons. The van der Waals surface area contributed by atoms with Crippen LogP contribution in [0.15, 0.2) is 29.3 Å². The van der Waals surface area contributed by atoms with Gasteiger partial charge in [0, 0.05) is 51.0 Å². The van der Waals surface area contributed by atoms with Gasteiger partial charge < -0.3 is 15.5 Å². The van der Waals surface area contributed by atoms with Crippen LogP contribution in [0.2, 0.25) is 0 Å². The van der Waals surface area contributed by atoms with E-state index in [0.29, 0.717) is 32.1 Å². The fourth-order valence-electron chi connectivity index (χ4n) is 3.38. The van der Waals surface area contributed by atoms with E-state index in [2.05, 4.69) is 51.7 Å². The normalized spacial score (nSPS) is 18.0. The molecule has 1 aromatic carbocycles. The summed E-state index contributed by atoms with van der Waals surface area (Å²) in [6, 6.07) is 9.01. The van der Waals surface area contributed by atoms with E-state index >= 15 is 0 Å². The topological polar surface area (TPSA) is 77.0 Å². The lowest BCUT2D eigenvalue weighted by molar-refractivity contribution is 0.427. The summed E-state index contributed by atoms with van der Waals surface area (Å²) >= 11 is 0. The van der Waals surface area contributed by atoms with Gasteiger partial charge in [-0.05, 0) is 38.8 Å². The number of hydrogen-bond acceptors (Lipinski definition) is 4. The summed E-state index contributed by atoms with van der Waals surface area (Å²) in [5.74, 6) is 0.806. The molecule has 28 heavy (non-hydrogen) atoms. The van der Waals surface area contributed by atoms with Crippen LogP contribution in [0.1, 0.15) is 32.3 Å². The van der Waals surface area contributed by atoms with Crippen LogP contribution in [0, 0.1) is 6.92 Å². The van der Waals surface area contributed by atoms with Gasteiger partial charge in [0.2, 0.25) is 10.0 Å². The lowest BCUT2D eigenvalue weighted by atomic mass is 10.2. The summed E-state index contributed by atoms with van der Waals surface area (Å²) in [7, 11) is -3.13. The molecule has 1 heterocycles. The third-order valence-electron chi connectivity index (χ3n) is 4.93. The van der Waals surface area contributed by atoms with Gasteiger partial charge >= 0.3 is 0 Å². The molecule has 0 amide bonds. The summed E-state index contributed by atoms with van der Waals surface area (Å²) in [4.78, 5) is 7.02. The molecule has 0 spiro atoms. The Labute approximate surface area is 170 Å². The molecule has 0 radical (unpaired) electrons. The first-order chi connectivity index (χ1) is 13.3. The molecule has 1 aromatic rings. The number of anilines is 1. The van der Waals surface area contributed by atoms with Gasteiger partial charge in [-0.25, -0.2) is 12.7 Å². The highest BCUT2D eigenvalue weighted by Crippen LogP contribution is 2.20. The van der Waals surface area contributed by atoms with E-state index in [1.165, 1.54) is 21.8 Å². The zero-order chi connectivity index (χ0) is 20.6. The van der Waals surface area contributed by atoms with E-state index in [0.717, 1.165) is 32.0 Å². The first-order valence-corrected chi connectivity index (χ1v) is 12.0. The number of nitrogens with zero attached hydrogens (tertiary/aromatic N) is 3. The summed E-state index contributed by atoms with van der Waals surface area (Å²) in [5.41, 5.74) is 2.54. The maximum absolute atomic E-state index is 11.7. The Morgan fingerprint density at radius 1 is 1.29 bits per heavy atom. The van der Waals surface area contributed by atoms with Gasteiger partial charge in [0.15, 0.2) is 5.96 Å². The van der Waals surface area contributed by atoms with Crippen molar-refractivity contribution in [1.29, 1.82) is 0 Å². The third kappa shape index (κ3) is 6.98. The predicted octanol–water partition coefficient (Wildman–Crippen LogP) is 1.80. The molecule has 7 nitrogen and oxygen atoms in total. The molecule has 1 unspecified atom stereocenters. The Morgan fingerprint density at radius 3 is 2.61 bits per heavy atom. The van der Waals surface area contributed by atoms with Crippen LogP contribution in [0.3, 0.4) is 0 Å². The number of nitrogens with one attached hydrogen (secondary N) is 2. The zero-order valence-electron chi connectivity index (χ0n) is 17.6. The van der Waals surface area contributed by atoms with Crippen molar-refractivity contribution in [3.05, 3.63) is 29.8 Å². The van der Waals surface area contributed by atoms with Crippen molar-refractivity contribution in [1.82, 2.24) is 14.9 Å². The quantitative estimate of drug-likeness (QED) is 0.369. The van der Waals surface area contributed by atoms with Crippen molar-refractivity contribution >= 4 is 21.7 Å². The number of rotatable bonds is 9. The number of benzene rings is 1. The van der Waals surface area contributed by atoms with E-state index in [9.17, 15) is 8.42 Å². The van der Waals surface area contributed by atoms with Gasteiger partial charge in [-0.15, -0.1) is 0 Å². The van der Waals surface area contributed by atoms with Crippen LogP contribution in [0.4, 0.5) is 5.69 Å². The summed E-state index contributed by atoms with van der Waals surface area (Å²) in [6.45, 7) is 10.4. The van der Waals surface area contributed by atoms with Crippen LogP contribution < -0.4 is 15.5 Å². The second-order valence-electron chi connectivity index (χ2n) is 7.28. The van der Waals surface area contributed by atoms with Crippen molar-refractivity contribution in [2.24, 2.45) is 4.99 Å². The molecular weight excluding hydrogens is 374 g/mol. The summed E-state index contributed by atoms with van der Waals surface area (Å²) < 4.78 is 24.8. The highest BCUT2D eigenvalue weighted by atomic mass is 32.2. The van der Waals surface area contributed by atoms with Crippen molar-refractivity contribution < 1.29 is 8.42 Å². The molecule has 2 rings (SSSR count). The van der Waals surface area contributed by atoms with E-state index < -0.39 is 10.0 Å². The molecule has 0 saturated carbocycles. The number of hydrogen-bond donors (Lipinski definition) is 2. The average molecular weight is 410 g/mol. The minimum Gasteiger partial charge on any atom is -0.369 e. The van der Waals surface area contributed by atoms with Crippen LogP contribution in [-0.2, 0) is 10.0 Å². The molecule has 1 fully saturated rings. The van der Waals surface area contributed by atoms with Crippen LogP contribution >= 0.6 is 0 Å². The van der Waals surface area contributed by atoms with Crippen molar-refractivity contribution in [3.63, 3.8) is 0 Å². The van der Waals surface area contributed by atoms with Crippen molar-refractivity contribution in [2.75, 3.05) is 50.4 Å². The zero-order valence-corrected chi connectivity index (χ0v) is 18.4. The van der Waals surface area contributed by atoms with Crippen LogP contribution in [-0.4, -0.2) is 70.2 Å². The number of sulfonamides is 1. The van der Waals surface area contributed by atoms with Crippen LogP contribution in [0.25, 0.3) is 0 Å². The molecule has 8 heteroatoms. The maximum atomic E-state index is 11.7. The molecule has 0 bridgehead atoms. The molecule has 0 aliphatic carbocycles. The Kier molecular flexibility index (Phi) is 8.57. The first-order valence-electron chi connectivity index (χ1n) is 10.1. The number of aliphatic imine (C=N–C) groups is 1. The Balaban J connectivity index is 1.85. The smallest absolute Gasteiger partial charge is 0.211 e. The highest BCUT2D eigenvalue weighted by Gasteiger charge is 2.23. The second kappa shape index (κ2) is 10.7. The Hall–Kier alpha value is -1.80. The lowest BCUT2D eigenvalue weighted by Gasteiger charge is -2.21. The summed E-state index contributed by atoms with van der Waals surface area (Å²) in [6.07, 6.45) is 3.03. The van der Waals surface area contributed by atoms with Crippen molar-refractivity contribution in [3.8, 4) is 0 Å². The van der Waals surface area contributed by atoms with Crippen LogP contribution in [0.5, 0.6) is 0 Å². The molecular formula is C20H35N5O2S. The molecule has 2 N–H and O–H groups in total. The fraction of sp³-hybridized carbons (Fsp3) is 0.650. The highest BCUT2D eigenvalue weighted by molar-refractivity contribution is 7.88. The molecule has 1 aliphatic heterocycles. The molecule has 0 aromatic heterocycles. The molecule has 1 atom stereocenters. The van der Waals surface area contributed by atoms with Gasteiger partial charge in [0.1, 0.15) is 0 Å². The van der Waals surface area contributed by atoms with Gasteiger partial charge in [0.05, 0.1) is 6.26 Å².